The van der Waals surface area contributed by atoms with Gasteiger partial charge in [-0.25, -0.2) is 0 Å². The quantitative estimate of drug-likeness (QED) is 0.727. The van der Waals surface area contributed by atoms with Gasteiger partial charge >= 0.3 is 6.18 Å². The summed E-state index contributed by atoms with van der Waals surface area (Å²) in [7, 11) is 0. The predicted molar refractivity (Wildman–Crippen MR) is 44.6 cm³/mol. The first-order valence-electron chi connectivity index (χ1n) is 4.54. The highest BCUT2D eigenvalue weighted by Crippen LogP contribution is 2.14. The number of rotatable bonds is 4. The van der Waals surface area contributed by atoms with Gasteiger partial charge in [-0.15, -0.1) is 0 Å². The molecule has 5 heteroatoms. The molecule has 0 bridgehead atoms. The Kier molecular flexibility index (Phi) is 3.55. The predicted octanol–water partition coefficient (Wildman–Crippen LogP) is 1.23. The number of likely N-dealkylation sites (tertiary alicyclic amines) is 1. The Balaban J connectivity index is 2.02. The summed E-state index contributed by atoms with van der Waals surface area (Å²) >= 11 is 0. The summed E-state index contributed by atoms with van der Waals surface area (Å²) in [5, 5.41) is 2.48. The van der Waals surface area contributed by atoms with Crippen LogP contribution in [0.15, 0.2) is 0 Å². The SMILES string of the molecule is CCCN1CC(NCC(F)(F)F)C1. The zero-order valence-electron chi connectivity index (χ0n) is 7.69. The van der Waals surface area contributed by atoms with Crippen LogP contribution < -0.4 is 5.32 Å². The first-order valence-corrected chi connectivity index (χ1v) is 4.54. The standard InChI is InChI=1S/C8H15F3N2/c1-2-3-13-4-7(5-13)12-6-8(9,10)11/h7,12H,2-6H2,1H3. The summed E-state index contributed by atoms with van der Waals surface area (Å²) in [4.78, 5) is 2.15. The fraction of sp³-hybridized carbons (Fsp3) is 1.00. The topological polar surface area (TPSA) is 15.3 Å². The van der Waals surface area contributed by atoms with Crippen LogP contribution in [-0.2, 0) is 0 Å². The fourth-order valence-corrected chi connectivity index (χ4v) is 1.46. The van der Waals surface area contributed by atoms with Crippen LogP contribution in [-0.4, -0.2) is 43.3 Å². The number of hydrogen-bond acceptors (Lipinski definition) is 2. The van der Waals surface area contributed by atoms with E-state index in [-0.39, 0.29) is 6.04 Å². The molecule has 1 aliphatic rings. The Morgan fingerprint density at radius 3 is 2.46 bits per heavy atom. The Labute approximate surface area is 76.1 Å². The van der Waals surface area contributed by atoms with Crippen LogP contribution in [0.3, 0.4) is 0 Å². The van der Waals surface area contributed by atoms with Crippen LogP contribution in [0.25, 0.3) is 0 Å². The lowest BCUT2D eigenvalue weighted by atomic mass is 10.1. The molecule has 0 atom stereocenters. The van der Waals surface area contributed by atoms with Crippen LogP contribution in [0.5, 0.6) is 0 Å². The number of halogens is 3. The molecule has 1 heterocycles. The van der Waals surface area contributed by atoms with E-state index in [1.165, 1.54) is 0 Å². The first-order chi connectivity index (χ1) is 6.01. The third kappa shape index (κ3) is 3.95. The maximum atomic E-state index is 11.7. The van der Waals surface area contributed by atoms with Crippen molar-refractivity contribution in [2.24, 2.45) is 0 Å². The van der Waals surface area contributed by atoms with Gasteiger partial charge in [-0.1, -0.05) is 6.92 Å². The van der Waals surface area contributed by atoms with Crippen molar-refractivity contribution in [1.82, 2.24) is 10.2 Å². The summed E-state index contributed by atoms with van der Waals surface area (Å²) in [5.74, 6) is 0. The molecule has 2 nitrogen and oxygen atoms in total. The molecule has 0 saturated carbocycles. The summed E-state index contributed by atoms with van der Waals surface area (Å²) in [6, 6.07) is 0.0353. The number of hydrogen-bond donors (Lipinski definition) is 1. The highest BCUT2D eigenvalue weighted by atomic mass is 19.4. The molecule has 1 fully saturated rings. The van der Waals surface area contributed by atoms with Gasteiger partial charge in [0.05, 0.1) is 6.54 Å². The lowest BCUT2D eigenvalue weighted by Gasteiger charge is -2.39. The zero-order chi connectivity index (χ0) is 9.90. The summed E-state index contributed by atoms with van der Waals surface area (Å²) in [6.45, 7) is 3.70. The second kappa shape index (κ2) is 4.28. The van der Waals surface area contributed by atoms with Crippen LogP contribution in [0.2, 0.25) is 0 Å². The van der Waals surface area contributed by atoms with Crippen molar-refractivity contribution in [3.8, 4) is 0 Å². The van der Waals surface area contributed by atoms with E-state index >= 15 is 0 Å². The van der Waals surface area contributed by atoms with E-state index in [4.69, 9.17) is 0 Å². The minimum Gasteiger partial charge on any atom is -0.303 e. The second-order valence-corrected chi connectivity index (χ2v) is 3.45. The van der Waals surface area contributed by atoms with Gasteiger partial charge in [-0.2, -0.15) is 13.2 Å². The molecule has 0 aromatic carbocycles. The molecule has 0 spiro atoms. The molecule has 1 aliphatic heterocycles. The Bertz CT molecular complexity index is 152. The zero-order valence-corrected chi connectivity index (χ0v) is 7.69. The minimum atomic E-state index is -4.08. The molecule has 0 aromatic heterocycles. The molecular formula is C8H15F3N2. The van der Waals surface area contributed by atoms with Crippen molar-refractivity contribution in [3.63, 3.8) is 0 Å². The van der Waals surface area contributed by atoms with Crippen molar-refractivity contribution in [1.29, 1.82) is 0 Å². The Morgan fingerprint density at radius 1 is 1.38 bits per heavy atom. The molecule has 78 valence electrons. The van der Waals surface area contributed by atoms with Gasteiger partial charge in [-0.3, -0.25) is 0 Å². The summed E-state index contributed by atoms with van der Waals surface area (Å²) in [5.41, 5.74) is 0. The third-order valence-corrected chi connectivity index (χ3v) is 2.09. The largest absolute Gasteiger partial charge is 0.401 e. The molecule has 13 heavy (non-hydrogen) atoms. The van der Waals surface area contributed by atoms with Crippen molar-refractivity contribution in [2.45, 2.75) is 25.6 Å². The van der Waals surface area contributed by atoms with Crippen LogP contribution >= 0.6 is 0 Å². The molecule has 1 rings (SSSR count). The average Bonchev–Trinajstić information content (AvgIpc) is 1.91. The van der Waals surface area contributed by atoms with Gasteiger partial charge in [0.2, 0.25) is 0 Å². The normalized spacial score (nSPS) is 20.3. The van der Waals surface area contributed by atoms with Crippen molar-refractivity contribution in [2.75, 3.05) is 26.2 Å². The maximum absolute atomic E-state index is 11.7. The molecule has 0 radical (unpaired) electrons. The highest BCUT2D eigenvalue weighted by Gasteiger charge is 2.31. The Morgan fingerprint density at radius 2 is 2.00 bits per heavy atom. The first kappa shape index (κ1) is 10.8. The third-order valence-electron chi connectivity index (χ3n) is 2.09. The minimum absolute atomic E-state index is 0.0353. The van der Waals surface area contributed by atoms with Gasteiger partial charge in [0.15, 0.2) is 0 Å². The van der Waals surface area contributed by atoms with Crippen molar-refractivity contribution >= 4 is 0 Å². The van der Waals surface area contributed by atoms with Gasteiger partial charge in [0.25, 0.3) is 0 Å². The molecule has 0 unspecified atom stereocenters. The van der Waals surface area contributed by atoms with E-state index in [2.05, 4.69) is 17.1 Å². The number of nitrogens with one attached hydrogen (secondary N) is 1. The van der Waals surface area contributed by atoms with Gasteiger partial charge < -0.3 is 10.2 Å². The highest BCUT2D eigenvalue weighted by molar-refractivity contribution is 4.85. The van der Waals surface area contributed by atoms with Crippen molar-refractivity contribution < 1.29 is 13.2 Å². The van der Waals surface area contributed by atoms with E-state index in [1.54, 1.807) is 0 Å². The second-order valence-electron chi connectivity index (χ2n) is 3.45. The molecule has 0 amide bonds. The fourth-order valence-electron chi connectivity index (χ4n) is 1.46. The van der Waals surface area contributed by atoms with E-state index in [0.717, 1.165) is 26.1 Å². The molecule has 0 aromatic rings. The van der Waals surface area contributed by atoms with Crippen LogP contribution in [0, 0.1) is 0 Å². The van der Waals surface area contributed by atoms with E-state index in [1.807, 2.05) is 0 Å². The van der Waals surface area contributed by atoms with E-state index in [0.29, 0.717) is 0 Å². The van der Waals surface area contributed by atoms with Crippen LogP contribution in [0.1, 0.15) is 13.3 Å². The molecular weight excluding hydrogens is 181 g/mol. The van der Waals surface area contributed by atoms with Crippen molar-refractivity contribution in [3.05, 3.63) is 0 Å². The summed E-state index contributed by atoms with van der Waals surface area (Å²) < 4.78 is 35.2. The van der Waals surface area contributed by atoms with Gasteiger partial charge in [0.1, 0.15) is 0 Å². The van der Waals surface area contributed by atoms with Gasteiger partial charge in [0, 0.05) is 19.1 Å². The lowest BCUT2D eigenvalue weighted by Crippen LogP contribution is -2.59. The molecule has 0 aliphatic carbocycles. The monoisotopic (exact) mass is 196 g/mol. The number of alkyl halides is 3. The average molecular weight is 196 g/mol. The lowest BCUT2D eigenvalue weighted by molar-refractivity contribution is -0.128. The van der Waals surface area contributed by atoms with E-state index < -0.39 is 12.7 Å². The maximum Gasteiger partial charge on any atom is 0.401 e. The molecule has 1 N–H and O–H groups in total. The van der Waals surface area contributed by atoms with Crippen LogP contribution in [0.4, 0.5) is 13.2 Å². The number of nitrogens with zero attached hydrogens (tertiary/aromatic N) is 1. The summed E-state index contributed by atoms with van der Waals surface area (Å²) in [6.07, 6.45) is -3.02. The molecule has 1 saturated heterocycles. The Hall–Kier alpha value is -0.290. The van der Waals surface area contributed by atoms with Gasteiger partial charge in [-0.05, 0) is 13.0 Å². The smallest absolute Gasteiger partial charge is 0.303 e. The van der Waals surface area contributed by atoms with E-state index in [9.17, 15) is 13.2 Å².